The van der Waals surface area contributed by atoms with E-state index in [1.807, 2.05) is 30.3 Å². The first kappa shape index (κ1) is 25.4. The van der Waals surface area contributed by atoms with E-state index < -0.39 is 0 Å². The smallest absolute Gasteiger partial charge is 0.190 e. The van der Waals surface area contributed by atoms with Crippen molar-refractivity contribution < 1.29 is 14.0 Å². The van der Waals surface area contributed by atoms with Gasteiger partial charge in [0.15, 0.2) is 6.23 Å². The molecule has 0 aliphatic carbocycles. The second kappa shape index (κ2) is 11.2. The number of nitrogens with zero attached hydrogens (tertiary/aromatic N) is 1. The molecule has 0 spiro atoms. The average molecular weight is 427 g/mol. The Morgan fingerprint density at radius 3 is 1.87 bits per heavy atom. The van der Waals surface area contributed by atoms with Crippen molar-refractivity contribution in [3.8, 4) is 5.75 Å². The Labute approximate surface area is 191 Å². The minimum Gasteiger partial charge on any atom is -0.491 e. The van der Waals surface area contributed by atoms with Crippen molar-refractivity contribution in [2.45, 2.75) is 66.2 Å². The number of aryl methyl sites for hydroxylation is 1. The standard InChI is InChI=1S/C28H44NO2/c1-22(2)20-28(21-23(3)4,27-17-13-12-14-24(27)5)29(7,8)25(6)30-18-19-31-26-15-10-9-11-16-26/h9-17,22-23,25H,18-21H2,1-8H3/q+1. The fourth-order valence-corrected chi connectivity index (χ4v) is 4.96. The fourth-order valence-electron chi connectivity index (χ4n) is 4.96. The van der Waals surface area contributed by atoms with Crippen molar-refractivity contribution >= 4 is 0 Å². The van der Waals surface area contributed by atoms with Gasteiger partial charge in [-0.2, -0.15) is 0 Å². The van der Waals surface area contributed by atoms with Gasteiger partial charge in [0.25, 0.3) is 0 Å². The lowest BCUT2D eigenvalue weighted by molar-refractivity contribution is -0.991. The predicted molar refractivity (Wildman–Crippen MR) is 131 cm³/mol. The van der Waals surface area contributed by atoms with Crippen LogP contribution in [-0.2, 0) is 10.3 Å². The van der Waals surface area contributed by atoms with Gasteiger partial charge in [0.05, 0.1) is 20.7 Å². The highest BCUT2D eigenvalue weighted by atomic mass is 16.5. The maximum absolute atomic E-state index is 6.41. The third kappa shape index (κ3) is 6.33. The first-order chi connectivity index (χ1) is 14.6. The third-order valence-electron chi connectivity index (χ3n) is 6.60. The molecule has 0 radical (unpaired) electrons. The summed E-state index contributed by atoms with van der Waals surface area (Å²) in [4.78, 5) is 0. The molecule has 0 heterocycles. The summed E-state index contributed by atoms with van der Waals surface area (Å²) in [6, 6.07) is 18.9. The quantitative estimate of drug-likeness (QED) is 0.211. The molecule has 2 aromatic rings. The topological polar surface area (TPSA) is 18.5 Å². The summed E-state index contributed by atoms with van der Waals surface area (Å²) < 4.78 is 13.1. The number of quaternary nitrogens is 1. The Morgan fingerprint density at radius 2 is 1.32 bits per heavy atom. The normalized spacial score (nSPS) is 13.6. The van der Waals surface area contributed by atoms with Crippen molar-refractivity contribution in [2.24, 2.45) is 11.8 Å². The second-order valence-corrected chi connectivity index (χ2v) is 10.2. The Morgan fingerprint density at radius 1 is 0.774 bits per heavy atom. The molecule has 1 atom stereocenters. The van der Waals surface area contributed by atoms with Crippen LogP contribution < -0.4 is 4.74 Å². The molecule has 0 amide bonds. The van der Waals surface area contributed by atoms with E-state index >= 15 is 0 Å². The van der Waals surface area contributed by atoms with Crippen LogP contribution in [0.15, 0.2) is 54.6 Å². The zero-order valence-corrected chi connectivity index (χ0v) is 21.0. The lowest BCUT2D eigenvalue weighted by atomic mass is 9.72. The first-order valence-corrected chi connectivity index (χ1v) is 11.8. The molecule has 0 saturated heterocycles. The minimum absolute atomic E-state index is 0.0205. The Balaban J connectivity index is 2.27. The van der Waals surface area contributed by atoms with Gasteiger partial charge < -0.3 is 9.47 Å². The average Bonchev–Trinajstić information content (AvgIpc) is 2.70. The van der Waals surface area contributed by atoms with Crippen molar-refractivity contribution in [3.05, 3.63) is 65.7 Å². The predicted octanol–water partition coefficient (Wildman–Crippen LogP) is 6.80. The first-order valence-electron chi connectivity index (χ1n) is 11.8. The summed E-state index contributed by atoms with van der Waals surface area (Å²) in [6.07, 6.45) is 2.28. The van der Waals surface area contributed by atoms with Gasteiger partial charge in [-0.3, -0.25) is 4.48 Å². The number of benzene rings is 2. The summed E-state index contributed by atoms with van der Waals surface area (Å²) in [5.41, 5.74) is 2.81. The maximum Gasteiger partial charge on any atom is 0.190 e. The molecule has 1 unspecified atom stereocenters. The van der Waals surface area contributed by atoms with E-state index in [0.29, 0.717) is 25.0 Å². The van der Waals surface area contributed by atoms with Gasteiger partial charge in [0.1, 0.15) is 17.9 Å². The Hall–Kier alpha value is -1.84. The molecule has 0 saturated carbocycles. The molecule has 0 bridgehead atoms. The van der Waals surface area contributed by atoms with Crippen molar-refractivity contribution in [1.29, 1.82) is 0 Å². The molecule has 0 aliphatic rings. The molecule has 0 N–H and O–H groups in total. The van der Waals surface area contributed by atoms with Crippen molar-refractivity contribution in [3.63, 3.8) is 0 Å². The van der Waals surface area contributed by atoms with Gasteiger partial charge in [0.2, 0.25) is 0 Å². The third-order valence-corrected chi connectivity index (χ3v) is 6.60. The zero-order chi connectivity index (χ0) is 23.1. The highest BCUT2D eigenvalue weighted by molar-refractivity contribution is 5.32. The van der Waals surface area contributed by atoms with Gasteiger partial charge in [-0.1, -0.05) is 70.2 Å². The summed E-state index contributed by atoms with van der Waals surface area (Å²) in [5.74, 6) is 2.06. The van der Waals surface area contributed by atoms with Crippen LogP contribution in [0.1, 0.15) is 58.6 Å². The molecule has 31 heavy (non-hydrogen) atoms. The highest BCUT2D eigenvalue weighted by Crippen LogP contribution is 2.46. The van der Waals surface area contributed by atoms with E-state index in [9.17, 15) is 0 Å². The van der Waals surface area contributed by atoms with Crippen LogP contribution in [0.2, 0.25) is 0 Å². The van der Waals surface area contributed by atoms with Crippen LogP contribution >= 0.6 is 0 Å². The number of hydrogen-bond acceptors (Lipinski definition) is 2. The number of rotatable bonds is 12. The highest BCUT2D eigenvalue weighted by Gasteiger charge is 2.51. The van der Waals surface area contributed by atoms with Crippen LogP contribution in [0.3, 0.4) is 0 Å². The summed E-state index contributed by atoms with van der Waals surface area (Å²) in [6.45, 7) is 15.0. The molecule has 0 aromatic heterocycles. The molecule has 0 fully saturated rings. The van der Waals surface area contributed by atoms with Gasteiger partial charge in [-0.15, -0.1) is 0 Å². The molecule has 3 heteroatoms. The van der Waals surface area contributed by atoms with E-state index in [4.69, 9.17) is 9.47 Å². The molecular formula is C28H44NO2+. The number of ether oxygens (including phenoxy) is 2. The van der Waals surface area contributed by atoms with Gasteiger partial charge in [0, 0.05) is 25.3 Å². The van der Waals surface area contributed by atoms with E-state index in [-0.39, 0.29) is 11.8 Å². The maximum atomic E-state index is 6.41. The molecule has 2 aromatic carbocycles. The van der Waals surface area contributed by atoms with Crippen molar-refractivity contribution in [1.82, 2.24) is 0 Å². The van der Waals surface area contributed by atoms with E-state index in [0.717, 1.165) is 23.1 Å². The minimum atomic E-state index is -0.0205. The van der Waals surface area contributed by atoms with Gasteiger partial charge in [-0.05, 0) is 36.5 Å². The molecule has 2 rings (SSSR count). The lowest BCUT2D eigenvalue weighted by Gasteiger charge is -2.54. The second-order valence-electron chi connectivity index (χ2n) is 10.2. The van der Waals surface area contributed by atoms with Gasteiger partial charge in [-0.25, -0.2) is 0 Å². The molecular weight excluding hydrogens is 382 g/mol. The van der Waals surface area contributed by atoms with Crippen LogP contribution in [0, 0.1) is 18.8 Å². The monoisotopic (exact) mass is 426 g/mol. The Kier molecular flexibility index (Phi) is 9.14. The van der Waals surface area contributed by atoms with Gasteiger partial charge >= 0.3 is 0 Å². The SMILES string of the molecule is Cc1ccccc1C(CC(C)C)(CC(C)C)[N+](C)(C)C(C)OCCOc1ccccc1. The molecule has 0 aliphatic heterocycles. The van der Waals surface area contributed by atoms with E-state index in [1.165, 1.54) is 11.1 Å². The summed E-state index contributed by atoms with van der Waals surface area (Å²) in [7, 11) is 4.69. The molecule has 3 nitrogen and oxygen atoms in total. The summed E-state index contributed by atoms with van der Waals surface area (Å²) >= 11 is 0. The lowest BCUT2D eigenvalue weighted by Crippen LogP contribution is -2.63. The van der Waals surface area contributed by atoms with E-state index in [2.05, 4.69) is 79.9 Å². The van der Waals surface area contributed by atoms with Crippen LogP contribution in [0.4, 0.5) is 0 Å². The zero-order valence-electron chi connectivity index (χ0n) is 21.0. The van der Waals surface area contributed by atoms with Crippen LogP contribution in [-0.4, -0.2) is 38.0 Å². The molecule has 172 valence electrons. The number of para-hydroxylation sites is 1. The van der Waals surface area contributed by atoms with E-state index in [1.54, 1.807) is 0 Å². The fraction of sp³-hybridized carbons (Fsp3) is 0.571. The summed E-state index contributed by atoms with van der Waals surface area (Å²) in [5, 5.41) is 0. The van der Waals surface area contributed by atoms with Crippen molar-refractivity contribution in [2.75, 3.05) is 27.3 Å². The van der Waals surface area contributed by atoms with Crippen LogP contribution in [0.25, 0.3) is 0 Å². The number of hydrogen-bond donors (Lipinski definition) is 0. The van der Waals surface area contributed by atoms with Crippen LogP contribution in [0.5, 0.6) is 5.75 Å². The largest absolute Gasteiger partial charge is 0.491 e. The Bertz CT molecular complexity index is 773.